The topological polar surface area (TPSA) is 99.1 Å². The first-order valence-electron chi connectivity index (χ1n) is 10.4. The fraction of sp³-hybridized carbons (Fsp3) is 0.333. The number of halogens is 1. The van der Waals surface area contributed by atoms with E-state index in [0.29, 0.717) is 17.9 Å². The number of carbonyl (C=O) groups is 2. The average Bonchev–Trinajstić information content (AvgIpc) is 2.79. The maximum absolute atomic E-state index is 12.7. The van der Waals surface area contributed by atoms with E-state index in [9.17, 15) is 14.7 Å². The Morgan fingerprint density at radius 3 is 2.50 bits per heavy atom. The standard InChI is InChI=1S/C24H27IN2O5/c1-16(29)27(15-17-7-3-2-4-8-17)20-13-18(24(31)26-11-12-28)14-22(23(20)30)32-21-10-6-5-9-19(21)25/h2-10,14,20,22-23,28,30H,11-13,15H2,1H3,(H,26,31). The molecule has 0 radical (unpaired) electrons. The van der Waals surface area contributed by atoms with E-state index in [4.69, 9.17) is 9.84 Å². The lowest BCUT2D eigenvalue weighted by Gasteiger charge is -2.40. The van der Waals surface area contributed by atoms with Gasteiger partial charge in [0.25, 0.3) is 0 Å². The molecule has 0 aliphatic heterocycles. The van der Waals surface area contributed by atoms with Gasteiger partial charge in [-0.15, -0.1) is 0 Å². The van der Waals surface area contributed by atoms with Crippen molar-refractivity contribution in [1.29, 1.82) is 0 Å². The van der Waals surface area contributed by atoms with E-state index in [-0.39, 0.29) is 31.4 Å². The molecule has 0 aromatic heterocycles. The summed E-state index contributed by atoms with van der Waals surface area (Å²) in [6, 6.07) is 16.3. The number of ether oxygens (including phenoxy) is 1. The Morgan fingerprint density at radius 1 is 1.16 bits per heavy atom. The van der Waals surface area contributed by atoms with Gasteiger partial charge in [-0.3, -0.25) is 9.59 Å². The fourth-order valence-corrected chi connectivity index (χ4v) is 4.22. The summed E-state index contributed by atoms with van der Waals surface area (Å²) in [6.45, 7) is 1.70. The Balaban J connectivity index is 1.92. The number of nitrogens with zero attached hydrogens (tertiary/aromatic N) is 1. The van der Waals surface area contributed by atoms with Crippen molar-refractivity contribution in [3.05, 3.63) is 75.4 Å². The van der Waals surface area contributed by atoms with Crippen molar-refractivity contribution < 1.29 is 24.5 Å². The second-order valence-corrected chi connectivity index (χ2v) is 8.74. The molecule has 0 saturated heterocycles. The highest BCUT2D eigenvalue weighted by Crippen LogP contribution is 2.30. The number of nitrogens with one attached hydrogen (secondary N) is 1. The van der Waals surface area contributed by atoms with Gasteiger partial charge in [-0.25, -0.2) is 0 Å². The van der Waals surface area contributed by atoms with Crippen LogP contribution in [0.2, 0.25) is 0 Å². The number of para-hydroxylation sites is 1. The number of aliphatic hydroxyl groups excluding tert-OH is 2. The van der Waals surface area contributed by atoms with Crippen LogP contribution in [-0.4, -0.2) is 58.3 Å². The molecule has 0 bridgehead atoms. The molecule has 0 spiro atoms. The lowest BCUT2D eigenvalue weighted by Crippen LogP contribution is -2.54. The fourth-order valence-electron chi connectivity index (χ4n) is 3.71. The predicted molar refractivity (Wildman–Crippen MR) is 129 cm³/mol. The molecule has 3 atom stereocenters. The van der Waals surface area contributed by atoms with Crippen molar-refractivity contribution in [3.63, 3.8) is 0 Å². The average molecular weight is 550 g/mol. The molecule has 0 saturated carbocycles. The van der Waals surface area contributed by atoms with Gasteiger partial charge in [0.2, 0.25) is 11.8 Å². The molecule has 3 rings (SSSR count). The summed E-state index contributed by atoms with van der Waals surface area (Å²) in [6.07, 6.45) is -0.0702. The van der Waals surface area contributed by atoms with Crippen LogP contribution in [0.3, 0.4) is 0 Å². The second kappa shape index (κ2) is 11.4. The maximum atomic E-state index is 12.7. The third kappa shape index (κ3) is 6.08. The van der Waals surface area contributed by atoms with Crippen LogP contribution in [0.4, 0.5) is 0 Å². The first-order valence-corrected chi connectivity index (χ1v) is 11.5. The van der Waals surface area contributed by atoms with Crippen molar-refractivity contribution in [2.75, 3.05) is 13.2 Å². The second-order valence-electron chi connectivity index (χ2n) is 7.58. The van der Waals surface area contributed by atoms with Gasteiger partial charge in [0.05, 0.1) is 16.2 Å². The van der Waals surface area contributed by atoms with Crippen LogP contribution < -0.4 is 10.1 Å². The van der Waals surface area contributed by atoms with Crippen LogP contribution in [0.15, 0.2) is 66.2 Å². The van der Waals surface area contributed by atoms with E-state index in [0.717, 1.165) is 9.13 Å². The molecule has 8 heteroatoms. The number of amides is 2. The van der Waals surface area contributed by atoms with Crippen molar-refractivity contribution in [2.45, 2.75) is 38.1 Å². The van der Waals surface area contributed by atoms with Crippen molar-refractivity contribution >= 4 is 34.4 Å². The molecule has 2 aromatic rings. The molecule has 32 heavy (non-hydrogen) atoms. The van der Waals surface area contributed by atoms with E-state index in [2.05, 4.69) is 27.9 Å². The van der Waals surface area contributed by atoms with Crippen LogP contribution in [0.25, 0.3) is 0 Å². The molecule has 0 heterocycles. The summed E-state index contributed by atoms with van der Waals surface area (Å²) in [5.41, 5.74) is 1.33. The Bertz CT molecular complexity index is 966. The quantitative estimate of drug-likeness (QED) is 0.439. The first-order chi connectivity index (χ1) is 15.4. The van der Waals surface area contributed by atoms with Gasteiger partial charge in [-0.2, -0.15) is 0 Å². The highest BCUT2D eigenvalue weighted by Gasteiger charge is 2.39. The summed E-state index contributed by atoms with van der Waals surface area (Å²) in [5, 5.41) is 22.9. The van der Waals surface area contributed by atoms with E-state index in [1.165, 1.54) is 6.92 Å². The summed E-state index contributed by atoms with van der Waals surface area (Å²) >= 11 is 2.15. The highest BCUT2D eigenvalue weighted by atomic mass is 127. The van der Waals surface area contributed by atoms with Gasteiger partial charge in [-0.05, 0) is 46.4 Å². The number of carbonyl (C=O) groups excluding carboxylic acids is 2. The Labute approximate surface area is 201 Å². The van der Waals surface area contributed by atoms with Gasteiger partial charge >= 0.3 is 0 Å². The Kier molecular flexibility index (Phi) is 8.66. The van der Waals surface area contributed by atoms with Crippen molar-refractivity contribution in [3.8, 4) is 5.75 Å². The molecule has 0 fully saturated rings. The number of hydrogen-bond donors (Lipinski definition) is 3. The Morgan fingerprint density at radius 2 is 1.84 bits per heavy atom. The minimum atomic E-state index is -1.03. The predicted octanol–water partition coefficient (Wildman–Crippen LogP) is 2.26. The molecule has 1 aliphatic carbocycles. The molecular formula is C24H27IN2O5. The zero-order valence-corrected chi connectivity index (χ0v) is 19.9. The molecule has 1 aliphatic rings. The normalized spacial score (nSPS) is 20.2. The maximum Gasteiger partial charge on any atom is 0.247 e. The SMILES string of the molecule is CC(=O)N(Cc1ccccc1)C1CC(C(=O)NCCO)=CC(Oc2ccccc2I)C1O. The lowest BCUT2D eigenvalue weighted by molar-refractivity contribution is -0.137. The molecule has 170 valence electrons. The smallest absolute Gasteiger partial charge is 0.247 e. The van der Waals surface area contributed by atoms with Gasteiger partial charge in [-0.1, -0.05) is 42.5 Å². The van der Waals surface area contributed by atoms with Gasteiger partial charge < -0.3 is 25.2 Å². The number of hydrogen-bond acceptors (Lipinski definition) is 5. The highest BCUT2D eigenvalue weighted by molar-refractivity contribution is 14.1. The minimum absolute atomic E-state index is 0.117. The largest absolute Gasteiger partial charge is 0.482 e. The summed E-state index contributed by atoms with van der Waals surface area (Å²) in [4.78, 5) is 26.9. The minimum Gasteiger partial charge on any atom is -0.482 e. The summed E-state index contributed by atoms with van der Waals surface area (Å²) < 4.78 is 6.96. The van der Waals surface area contributed by atoms with Gasteiger partial charge in [0, 0.05) is 32.0 Å². The van der Waals surface area contributed by atoms with Crippen LogP contribution in [-0.2, 0) is 16.1 Å². The number of rotatable bonds is 8. The Hall–Kier alpha value is -2.43. The zero-order chi connectivity index (χ0) is 23.1. The van der Waals surface area contributed by atoms with E-state index < -0.39 is 18.2 Å². The zero-order valence-electron chi connectivity index (χ0n) is 17.8. The van der Waals surface area contributed by atoms with Crippen LogP contribution in [0, 0.1) is 3.57 Å². The molecular weight excluding hydrogens is 523 g/mol. The van der Waals surface area contributed by atoms with Crippen molar-refractivity contribution in [2.24, 2.45) is 0 Å². The molecule has 3 unspecified atom stereocenters. The number of aliphatic hydroxyl groups is 2. The third-order valence-electron chi connectivity index (χ3n) is 5.31. The molecule has 2 aromatic carbocycles. The van der Waals surface area contributed by atoms with Crippen LogP contribution >= 0.6 is 22.6 Å². The molecule has 7 nitrogen and oxygen atoms in total. The van der Waals surface area contributed by atoms with E-state index in [1.54, 1.807) is 17.0 Å². The first kappa shape index (κ1) is 24.2. The van der Waals surface area contributed by atoms with Gasteiger partial charge in [0.15, 0.2) is 0 Å². The molecule has 3 N–H and O–H groups in total. The number of benzene rings is 2. The molecule has 2 amide bonds. The lowest BCUT2D eigenvalue weighted by atomic mass is 9.88. The van der Waals surface area contributed by atoms with Crippen LogP contribution in [0.5, 0.6) is 5.75 Å². The third-order valence-corrected chi connectivity index (χ3v) is 6.21. The van der Waals surface area contributed by atoms with Crippen LogP contribution in [0.1, 0.15) is 18.9 Å². The van der Waals surface area contributed by atoms with E-state index >= 15 is 0 Å². The monoisotopic (exact) mass is 550 g/mol. The summed E-state index contributed by atoms with van der Waals surface area (Å²) in [5.74, 6) is 0.0279. The van der Waals surface area contributed by atoms with E-state index in [1.807, 2.05) is 48.5 Å². The summed E-state index contributed by atoms with van der Waals surface area (Å²) in [7, 11) is 0. The van der Waals surface area contributed by atoms with Crippen molar-refractivity contribution in [1.82, 2.24) is 10.2 Å². The van der Waals surface area contributed by atoms with Gasteiger partial charge in [0.1, 0.15) is 18.0 Å².